The Kier molecular flexibility index (Phi) is 4.05. The Morgan fingerprint density at radius 3 is 2.69 bits per heavy atom. The molecule has 2 nitrogen and oxygen atoms in total. The molecule has 2 N–H and O–H groups in total. The summed E-state index contributed by atoms with van der Waals surface area (Å²) in [5.74, 6) is 0.255. The Morgan fingerprint density at radius 1 is 1.00 bits per heavy atom. The standard InChI is InChI=1S/C14H22O2/c15-13-10-6-5-9-12(14(13)16)11-7-3-1-2-4-8-11/h7,13,15-16H,1-6,8-10H2. The van der Waals surface area contributed by atoms with Crippen molar-refractivity contribution in [3.63, 3.8) is 0 Å². The molecule has 1 unspecified atom stereocenters. The van der Waals surface area contributed by atoms with Crippen LogP contribution in [-0.2, 0) is 0 Å². The van der Waals surface area contributed by atoms with Crippen LogP contribution < -0.4 is 0 Å². The molecular weight excluding hydrogens is 200 g/mol. The normalized spacial score (nSPS) is 28.3. The minimum absolute atomic E-state index is 0.255. The number of aliphatic hydroxyl groups excluding tert-OH is 2. The van der Waals surface area contributed by atoms with Gasteiger partial charge in [-0.05, 0) is 56.1 Å². The van der Waals surface area contributed by atoms with Gasteiger partial charge in [0.25, 0.3) is 0 Å². The Labute approximate surface area is 97.7 Å². The number of allylic oxidation sites excluding steroid dienone is 3. The minimum atomic E-state index is -0.623. The highest BCUT2D eigenvalue weighted by atomic mass is 16.3. The van der Waals surface area contributed by atoms with E-state index in [2.05, 4.69) is 6.08 Å². The van der Waals surface area contributed by atoms with Crippen molar-refractivity contribution in [2.24, 2.45) is 0 Å². The monoisotopic (exact) mass is 222 g/mol. The van der Waals surface area contributed by atoms with Crippen LogP contribution in [0.3, 0.4) is 0 Å². The molecule has 0 fully saturated rings. The van der Waals surface area contributed by atoms with Crippen LogP contribution in [0.25, 0.3) is 0 Å². The van der Waals surface area contributed by atoms with Gasteiger partial charge >= 0.3 is 0 Å². The van der Waals surface area contributed by atoms with E-state index in [1.807, 2.05) is 0 Å². The molecule has 16 heavy (non-hydrogen) atoms. The van der Waals surface area contributed by atoms with Gasteiger partial charge in [0.1, 0.15) is 11.9 Å². The Hall–Kier alpha value is -0.760. The second-order valence-corrected chi connectivity index (χ2v) is 4.95. The van der Waals surface area contributed by atoms with Crippen molar-refractivity contribution in [1.29, 1.82) is 0 Å². The topological polar surface area (TPSA) is 40.5 Å². The fourth-order valence-electron chi connectivity index (χ4n) is 2.72. The lowest BCUT2D eigenvalue weighted by Crippen LogP contribution is -2.10. The van der Waals surface area contributed by atoms with Gasteiger partial charge in [-0.25, -0.2) is 0 Å². The van der Waals surface area contributed by atoms with Gasteiger partial charge in [0.2, 0.25) is 0 Å². The highest BCUT2D eigenvalue weighted by Gasteiger charge is 2.21. The van der Waals surface area contributed by atoms with Crippen molar-refractivity contribution in [2.75, 3.05) is 0 Å². The van der Waals surface area contributed by atoms with E-state index >= 15 is 0 Å². The van der Waals surface area contributed by atoms with Gasteiger partial charge in [-0.15, -0.1) is 0 Å². The van der Waals surface area contributed by atoms with E-state index in [0.29, 0.717) is 6.42 Å². The van der Waals surface area contributed by atoms with Crippen LogP contribution in [0, 0.1) is 0 Å². The molecule has 0 radical (unpaired) electrons. The number of hydrogen-bond donors (Lipinski definition) is 2. The minimum Gasteiger partial charge on any atom is -0.509 e. The molecule has 2 heteroatoms. The van der Waals surface area contributed by atoms with Gasteiger partial charge in [0, 0.05) is 0 Å². The quantitative estimate of drug-likeness (QED) is 0.711. The first kappa shape index (κ1) is 11.7. The van der Waals surface area contributed by atoms with Crippen LogP contribution in [0.1, 0.15) is 57.8 Å². The summed E-state index contributed by atoms with van der Waals surface area (Å²) >= 11 is 0. The molecule has 2 rings (SSSR count). The zero-order chi connectivity index (χ0) is 11.4. The van der Waals surface area contributed by atoms with Crippen molar-refractivity contribution in [3.8, 4) is 0 Å². The molecular formula is C14H22O2. The van der Waals surface area contributed by atoms with E-state index in [1.165, 1.54) is 24.8 Å². The maximum Gasteiger partial charge on any atom is 0.124 e. The molecule has 0 aromatic heterocycles. The predicted molar refractivity (Wildman–Crippen MR) is 65.3 cm³/mol. The first-order chi connectivity index (χ1) is 7.79. The average Bonchev–Trinajstić information content (AvgIpc) is 2.63. The lowest BCUT2D eigenvalue weighted by molar-refractivity contribution is 0.143. The molecule has 2 aliphatic carbocycles. The first-order valence-electron chi connectivity index (χ1n) is 6.58. The maximum atomic E-state index is 10.1. The van der Waals surface area contributed by atoms with E-state index < -0.39 is 6.10 Å². The molecule has 0 heterocycles. The van der Waals surface area contributed by atoms with Gasteiger partial charge < -0.3 is 10.2 Å². The van der Waals surface area contributed by atoms with E-state index in [0.717, 1.165) is 37.7 Å². The first-order valence-corrected chi connectivity index (χ1v) is 6.58. The van der Waals surface area contributed by atoms with E-state index in [-0.39, 0.29) is 5.76 Å². The molecule has 2 aliphatic rings. The molecule has 0 amide bonds. The predicted octanol–water partition coefficient (Wildman–Crippen LogP) is 3.62. The smallest absolute Gasteiger partial charge is 0.124 e. The average molecular weight is 222 g/mol. The summed E-state index contributed by atoms with van der Waals surface area (Å²) in [5, 5.41) is 19.8. The van der Waals surface area contributed by atoms with Crippen LogP contribution in [0.4, 0.5) is 0 Å². The van der Waals surface area contributed by atoms with Crippen molar-refractivity contribution in [3.05, 3.63) is 23.0 Å². The molecule has 0 bridgehead atoms. The SMILES string of the molecule is OC1=C(C2=CCCCCC2)CCCCC1O. The zero-order valence-corrected chi connectivity index (χ0v) is 9.91. The summed E-state index contributed by atoms with van der Waals surface area (Å²) in [6.07, 6.45) is 11.4. The molecule has 0 saturated carbocycles. The lowest BCUT2D eigenvalue weighted by Gasteiger charge is -2.14. The summed E-state index contributed by atoms with van der Waals surface area (Å²) < 4.78 is 0. The molecule has 0 aromatic carbocycles. The lowest BCUT2D eigenvalue weighted by atomic mass is 9.96. The third kappa shape index (κ3) is 2.67. The third-order valence-corrected chi connectivity index (χ3v) is 3.71. The van der Waals surface area contributed by atoms with E-state index in [1.54, 1.807) is 0 Å². The van der Waals surface area contributed by atoms with Crippen molar-refractivity contribution in [2.45, 2.75) is 63.9 Å². The molecule has 0 spiro atoms. The van der Waals surface area contributed by atoms with Gasteiger partial charge in [-0.1, -0.05) is 18.9 Å². The summed E-state index contributed by atoms with van der Waals surface area (Å²) in [6.45, 7) is 0. The van der Waals surface area contributed by atoms with Gasteiger partial charge in [-0.2, -0.15) is 0 Å². The van der Waals surface area contributed by atoms with E-state index in [4.69, 9.17) is 0 Å². The largest absolute Gasteiger partial charge is 0.509 e. The second-order valence-electron chi connectivity index (χ2n) is 4.95. The molecule has 1 atom stereocenters. The van der Waals surface area contributed by atoms with Crippen LogP contribution in [0.2, 0.25) is 0 Å². The van der Waals surface area contributed by atoms with Crippen LogP contribution in [-0.4, -0.2) is 16.3 Å². The highest BCUT2D eigenvalue weighted by molar-refractivity contribution is 5.35. The van der Waals surface area contributed by atoms with Crippen LogP contribution in [0.15, 0.2) is 23.0 Å². The Bertz CT molecular complexity index is 302. The Balaban J connectivity index is 2.21. The number of hydrogen-bond acceptors (Lipinski definition) is 2. The summed E-state index contributed by atoms with van der Waals surface area (Å²) in [4.78, 5) is 0. The van der Waals surface area contributed by atoms with Gasteiger partial charge in [-0.3, -0.25) is 0 Å². The third-order valence-electron chi connectivity index (χ3n) is 3.71. The van der Waals surface area contributed by atoms with Crippen molar-refractivity contribution >= 4 is 0 Å². The molecule has 0 aliphatic heterocycles. The van der Waals surface area contributed by atoms with Crippen LogP contribution >= 0.6 is 0 Å². The summed E-state index contributed by atoms with van der Waals surface area (Å²) in [7, 11) is 0. The zero-order valence-electron chi connectivity index (χ0n) is 9.91. The van der Waals surface area contributed by atoms with Crippen molar-refractivity contribution in [1.82, 2.24) is 0 Å². The maximum absolute atomic E-state index is 10.1. The fourth-order valence-corrected chi connectivity index (χ4v) is 2.72. The number of rotatable bonds is 1. The van der Waals surface area contributed by atoms with E-state index in [9.17, 15) is 10.2 Å². The molecule has 90 valence electrons. The van der Waals surface area contributed by atoms with Gasteiger partial charge in [0.05, 0.1) is 0 Å². The second kappa shape index (κ2) is 5.53. The molecule has 0 saturated heterocycles. The Morgan fingerprint density at radius 2 is 1.81 bits per heavy atom. The molecule has 0 aromatic rings. The van der Waals surface area contributed by atoms with Crippen LogP contribution in [0.5, 0.6) is 0 Å². The highest BCUT2D eigenvalue weighted by Crippen LogP contribution is 2.32. The fraction of sp³-hybridized carbons (Fsp3) is 0.714. The summed E-state index contributed by atoms with van der Waals surface area (Å²) in [5.41, 5.74) is 2.35. The van der Waals surface area contributed by atoms with Gasteiger partial charge in [0.15, 0.2) is 0 Å². The van der Waals surface area contributed by atoms with Crippen molar-refractivity contribution < 1.29 is 10.2 Å². The summed E-state index contributed by atoms with van der Waals surface area (Å²) in [6, 6.07) is 0. The number of aliphatic hydroxyl groups is 2.